The van der Waals surface area contributed by atoms with Crippen molar-refractivity contribution in [2.45, 2.75) is 33.1 Å². The standard InChI is InChI=1S/C9H14O/c1-3-5-6-7-9(4-2)8-10/h8-9H,4,6-7H2,1-2H3. The highest BCUT2D eigenvalue weighted by molar-refractivity contribution is 5.53. The molecule has 1 atom stereocenters. The van der Waals surface area contributed by atoms with Crippen LogP contribution in [0.3, 0.4) is 0 Å². The van der Waals surface area contributed by atoms with E-state index in [1.807, 2.05) is 13.8 Å². The molecule has 0 aliphatic heterocycles. The van der Waals surface area contributed by atoms with Gasteiger partial charge in [-0.25, -0.2) is 0 Å². The van der Waals surface area contributed by atoms with Crippen molar-refractivity contribution >= 4 is 6.29 Å². The van der Waals surface area contributed by atoms with Crippen LogP contribution >= 0.6 is 0 Å². The minimum atomic E-state index is 0.223. The molecule has 0 aliphatic rings. The van der Waals surface area contributed by atoms with Gasteiger partial charge in [0, 0.05) is 12.3 Å². The lowest BCUT2D eigenvalue weighted by molar-refractivity contribution is -0.111. The van der Waals surface area contributed by atoms with Crippen LogP contribution in [0.2, 0.25) is 0 Å². The Kier molecular flexibility index (Phi) is 5.86. The first kappa shape index (κ1) is 9.23. The molecule has 0 spiro atoms. The van der Waals surface area contributed by atoms with E-state index in [0.717, 1.165) is 25.5 Å². The Hall–Kier alpha value is -0.770. The topological polar surface area (TPSA) is 17.1 Å². The van der Waals surface area contributed by atoms with Crippen LogP contribution < -0.4 is 0 Å². The van der Waals surface area contributed by atoms with Crippen LogP contribution in [0.4, 0.5) is 0 Å². The van der Waals surface area contributed by atoms with Crippen LogP contribution in [0.5, 0.6) is 0 Å². The zero-order valence-corrected chi connectivity index (χ0v) is 6.68. The van der Waals surface area contributed by atoms with Gasteiger partial charge >= 0.3 is 0 Å². The Morgan fingerprint density at radius 2 is 2.30 bits per heavy atom. The molecule has 10 heavy (non-hydrogen) atoms. The first-order chi connectivity index (χ1) is 4.85. The highest BCUT2D eigenvalue weighted by atomic mass is 16.1. The second-order valence-electron chi connectivity index (χ2n) is 2.27. The molecule has 0 saturated carbocycles. The molecule has 0 saturated heterocycles. The number of hydrogen-bond donors (Lipinski definition) is 0. The lowest BCUT2D eigenvalue weighted by atomic mass is 10.0. The van der Waals surface area contributed by atoms with Gasteiger partial charge in [-0.2, -0.15) is 0 Å². The van der Waals surface area contributed by atoms with Crippen molar-refractivity contribution in [1.29, 1.82) is 0 Å². The Bertz CT molecular complexity index is 139. The monoisotopic (exact) mass is 138 g/mol. The number of aldehydes is 1. The lowest BCUT2D eigenvalue weighted by Crippen LogP contribution is -1.98. The summed E-state index contributed by atoms with van der Waals surface area (Å²) in [5, 5.41) is 0. The van der Waals surface area contributed by atoms with Crippen molar-refractivity contribution in [3.63, 3.8) is 0 Å². The first-order valence-corrected chi connectivity index (χ1v) is 3.70. The van der Waals surface area contributed by atoms with Crippen LogP contribution in [0.25, 0.3) is 0 Å². The fourth-order valence-corrected chi connectivity index (χ4v) is 0.751. The average Bonchev–Trinajstić information content (AvgIpc) is 1.99. The Morgan fingerprint density at radius 1 is 1.60 bits per heavy atom. The molecule has 0 aromatic carbocycles. The second-order valence-corrected chi connectivity index (χ2v) is 2.27. The third-order valence-corrected chi connectivity index (χ3v) is 1.53. The van der Waals surface area contributed by atoms with Gasteiger partial charge in [0.05, 0.1) is 0 Å². The van der Waals surface area contributed by atoms with E-state index in [0.29, 0.717) is 0 Å². The summed E-state index contributed by atoms with van der Waals surface area (Å²) in [6, 6.07) is 0. The number of carbonyl (C=O) groups excluding carboxylic acids is 1. The zero-order valence-electron chi connectivity index (χ0n) is 6.68. The Morgan fingerprint density at radius 3 is 2.70 bits per heavy atom. The SMILES string of the molecule is CC#CCCC(C=O)CC. The number of rotatable bonds is 4. The molecule has 0 radical (unpaired) electrons. The summed E-state index contributed by atoms with van der Waals surface area (Å²) in [5.74, 6) is 5.97. The van der Waals surface area contributed by atoms with Gasteiger partial charge in [0.15, 0.2) is 0 Å². The smallest absolute Gasteiger partial charge is 0.123 e. The maximum absolute atomic E-state index is 10.3. The van der Waals surface area contributed by atoms with Gasteiger partial charge < -0.3 is 4.79 Å². The van der Waals surface area contributed by atoms with E-state index in [-0.39, 0.29) is 5.92 Å². The molecule has 1 nitrogen and oxygen atoms in total. The largest absolute Gasteiger partial charge is 0.303 e. The molecule has 0 heterocycles. The summed E-state index contributed by atoms with van der Waals surface area (Å²) in [6.45, 7) is 3.85. The van der Waals surface area contributed by atoms with E-state index in [2.05, 4.69) is 11.8 Å². The van der Waals surface area contributed by atoms with E-state index < -0.39 is 0 Å². The van der Waals surface area contributed by atoms with Crippen LogP contribution in [0.1, 0.15) is 33.1 Å². The van der Waals surface area contributed by atoms with Crippen molar-refractivity contribution in [1.82, 2.24) is 0 Å². The van der Waals surface area contributed by atoms with E-state index >= 15 is 0 Å². The molecule has 0 bridgehead atoms. The van der Waals surface area contributed by atoms with E-state index in [9.17, 15) is 4.79 Å². The van der Waals surface area contributed by atoms with Crippen LogP contribution in [-0.2, 0) is 4.79 Å². The number of carbonyl (C=O) groups is 1. The molecule has 56 valence electrons. The lowest BCUT2D eigenvalue weighted by Gasteiger charge is -2.01. The fraction of sp³-hybridized carbons (Fsp3) is 0.667. The van der Waals surface area contributed by atoms with Crippen LogP contribution in [-0.4, -0.2) is 6.29 Å². The predicted molar refractivity (Wildman–Crippen MR) is 42.5 cm³/mol. The molecule has 1 heteroatoms. The molecule has 0 amide bonds. The van der Waals surface area contributed by atoms with Crippen molar-refractivity contribution < 1.29 is 4.79 Å². The molecule has 1 unspecified atom stereocenters. The molecular weight excluding hydrogens is 124 g/mol. The quantitative estimate of drug-likeness (QED) is 0.429. The Balaban J connectivity index is 3.40. The molecule has 0 aliphatic carbocycles. The van der Waals surface area contributed by atoms with Gasteiger partial charge in [-0.3, -0.25) is 0 Å². The maximum Gasteiger partial charge on any atom is 0.123 e. The van der Waals surface area contributed by atoms with E-state index in [4.69, 9.17) is 0 Å². The predicted octanol–water partition coefficient (Wildman–Crippen LogP) is 2.02. The number of hydrogen-bond acceptors (Lipinski definition) is 1. The molecular formula is C9H14O. The summed E-state index contributed by atoms with van der Waals surface area (Å²) in [5.41, 5.74) is 0. The van der Waals surface area contributed by atoms with Gasteiger partial charge in [0.1, 0.15) is 6.29 Å². The molecule has 0 fully saturated rings. The van der Waals surface area contributed by atoms with Crippen molar-refractivity contribution in [2.75, 3.05) is 0 Å². The van der Waals surface area contributed by atoms with Crippen LogP contribution in [0, 0.1) is 17.8 Å². The summed E-state index contributed by atoms with van der Waals surface area (Å²) in [7, 11) is 0. The van der Waals surface area contributed by atoms with Gasteiger partial charge in [0.2, 0.25) is 0 Å². The van der Waals surface area contributed by atoms with E-state index in [1.165, 1.54) is 0 Å². The third kappa shape index (κ3) is 4.14. The van der Waals surface area contributed by atoms with Gasteiger partial charge in [-0.05, 0) is 19.8 Å². The Labute approximate surface area is 62.8 Å². The second kappa shape index (κ2) is 6.35. The minimum Gasteiger partial charge on any atom is -0.303 e. The summed E-state index contributed by atoms with van der Waals surface area (Å²) < 4.78 is 0. The fourth-order valence-electron chi connectivity index (χ4n) is 0.751. The highest BCUT2D eigenvalue weighted by Gasteiger charge is 2.00. The first-order valence-electron chi connectivity index (χ1n) is 3.70. The molecule has 0 N–H and O–H groups in total. The third-order valence-electron chi connectivity index (χ3n) is 1.53. The van der Waals surface area contributed by atoms with Gasteiger partial charge in [-0.15, -0.1) is 11.8 Å². The zero-order chi connectivity index (χ0) is 7.82. The van der Waals surface area contributed by atoms with Crippen molar-refractivity contribution in [3.8, 4) is 11.8 Å². The van der Waals surface area contributed by atoms with Crippen molar-refractivity contribution in [2.24, 2.45) is 5.92 Å². The summed E-state index contributed by atoms with van der Waals surface area (Å²) in [6.07, 6.45) is 3.74. The molecule has 0 aromatic rings. The minimum absolute atomic E-state index is 0.223. The van der Waals surface area contributed by atoms with Gasteiger partial charge in [-0.1, -0.05) is 6.92 Å². The highest BCUT2D eigenvalue weighted by Crippen LogP contribution is 2.06. The average molecular weight is 138 g/mol. The molecule has 0 aromatic heterocycles. The van der Waals surface area contributed by atoms with Gasteiger partial charge in [0.25, 0.3) is 0 Å². The van der Waals surface area contributed by atoms with E-state index in [1.54, 1.807) is 0 Å². The van der Waals surface area contributed by atoms with Crippen LogP contribution in [0.15, 0.2) is 0 Å². The summed E-state index contributed by atoms with van der Waals surface area (Å²) in [4.78, 5) is 10.3. The molecule has 0 rings (SSSR count). The maximum atomic E-state index is 10.3. The van der Waals surface area contributed by atoms with Crippen molar-refractivity contribution in [3.05, 3.63) is 0 Å². The normalized spacial score (nSPS) is 11.4. The summed E-state index contributed by atoms with van der Waals surface area (Å²) >= 11 is 0.